The van der Waals surface area contributed by atoms with Gasteiger partial charge in [0.1, 0.15) is 5.82 Å². The predicted octanol–water partition coefficient (Wildman–Crippen LogP) is 4.36. The number of hydrazone groups is 1. The molecular formula is C24H19BrClFN4O5. The number of amides is 3. The Morgan fingerprint density at radius 1 is 1.06 bits per heavy atom. The lowest BCUT2D eigenvalue weighted by Gasteiger charge is -2.13. The Labute approximate surface area is 218 Å². The lowest BCUT2D eigenvalue weighted by Crippen LogP contribution is -2.32. The molecule has 9 nitrogen and oxygen atoms in total. The van der Waals surface area contributed by atoms with Crippen LogP contribution in [0.3, 0.4) is 0 Å². The largest absolute Gasteiger partial charge is 0.493 e. The highest BCUT2D eigenvalue weighted by molar-refractivity contribution is 9.10. The summed E-state index contributed by atoms with van der Waals surface area (Å²) in [5.74, 6) is -2.69. The normalized spacial score (nSPS) is 10.6. The highest BCUT2D eigenvalue weighted by Gasteiger charge is 2.16. The summed E-state index contributed by atoms with van der Waals surface area (Å²) in [5, 5.41) is 9.11. The Balaban J connectivity index is 1.58. The number of benzene rings is 3. The molecule has 3 aromatic carbocycles. The number of carbonyl (C=O) groups excluding carboxylic acids is 3. The second kappa shape index (κ2) is 12.7. The van der Waals surface area contributed by atoms with Gasteiger partial charge >= 0.3 is 11.8 Å². The van der Waals surface area contributed by atoms with Crippen molar-refractivity contribution in [2.75, 3.05) is 24.4 Å². The van der Waals surface area contributed by atoms with Crippen LogP contribution in [0.2, 0.25) is 5.02 Å². The molecule has 186 valence electrons. The zero-order valence-electron chi connectivity index (χ0n) is 18.7. The number of ether oxygens (including phenoxy) is 2. The summed E-state index contributed by atoms with van der Waals surface area (Å²) in [6.45, 7) is -0.293. The van der Waals surface area contributed by atoms with Crippen molar-refractivity contribution in [2.24, 2.45) is 5.10 Å². The minimum absolute atomic E-state index is 0.132. The monoisotopic (exact) mass is 576 g/mol. The fraction of sp³-hybridized carbons (Fsp3) is 0.0833. The van der Waals surface area contributed by atoms with Crippen molar-refractivity contribution in [1.82, 2.24) is 5.43 Å². The van der Waals surface area contributed by atoms with Gasteiger partial charge in [0.25, 0.3) is 5.91 Å². The molecule has 0 atom stereocenters. The first-order chi connectivity index (χ1) is 17.3. The molecule has 0 saturated heterocycles. The summed E-state index contributed by atoms with van der Waals surface area (Å²) in [4.78, 5) is 36.1. The van der Waals surface area contributed by atoms with Gasteiger partial charge in [-0.2, -0.15) is 5.10 Å². The minimum atomic E-state index is -1.09. The first-order valence-corrected chi connectivity index (χ1v) is 11.4. The molecule has 0 bridgehead atoms. The van der Waals surface area contributed by atoms with Gasteiger partial charge in [-0.3, -0.25) is 14.4 Å². The van der Waals surface area contributed by atoms with Gasteiger partial charge in [-0.05, 0) is 70.0 Å². The molecule has 0 heterocycles. The van der Waals surface area contributed by atoms with E-state index in [4.69, 9.17) is 21.1 Å². The van der Waals surface area contributed by atoms with Gasteiger partial charge in [0.05, 0.1) is 23.5 Å². The summed E-state index contributed by atoms with van der Waals surface area (Å²) in [5.41, 5.74) is 2.97. The van der Waals surface area contributed by atoms with E-state index in [0.29, 0.717) is 20.7 Å². The fourth-order valence-electron chi connectivity index (χ4n) is 2.78. The number of hydrogen-bond acceptors (Lipinski definition) is 6. The van der Waals surface area contributed by atoms with Crippen molar-refractivity contribution in [1.29, 1.82) is 0 Å². The first kappa shape index (κ1) is 26.6. The summed E-state index contributed by atoms with van der Waals surface area (Å²) >= 11 is 9.18. The van der Waals surface area contributed by atoms with E-state index in [0.717, 1.165) is 6.07 Å². The van der Waals surface area contributed by atoms with E-state index in [1.165, 1.54) is 31.5 Å². The van der Waals surface area contributed by atoms with Gasteiger partial charge in [-0.25, -0.2) is 9.82 Å². The van der Waals surface area contributed by atoms with E-state index in [1.54, 1.807) is 36.4 Å². The van der Waals surface area contributed by atoms with Crippen LogP contribution in [0.5, 0.6) is 11.5 Å². The molecule has 0 aliphatic carbocycles. The van der Waals surface area contributed by atoms with Crippen molar-refractivity contribution in [3.8, 4) is 11.5 Å². The SMILES string of the molecule is COc1cc(/C=N\NC(=O)C(=O)Nc2ccccc2F)cc(Br)c1OCC(=O)Nc1ccc(Cl)cc1. The molecule has 3 aromatic rings. The Kier molecular flexibility index (Phi) is 9.37. The number of carbonyl (C=O) groups is 3. The van der Waals surface area contributed by atoms with E-state index >= 15 is 0 Å². The molecular weight excluding hydrogens is 559 g/mol. The maximum atomic E-state index is 13.6. The molecule has 3 rings (SSSR count). The smallest absolute Gasteiger partial charge is 0.329 e. The maximum absolute atomic E-state index is 13.6. The number of anilines is 2. The summed E-state index contributed by atoms with van der Waals surface area (Å²) in [6, 6.07) is 15.2. The van der Waals surface area contributed by atoms with Gasteiger partial charge in [0.15, 0.2) is 18.1 Å². The maximum Gasteiger partial charge on any atom is 0.329 e. The molecule has 0 aliphatic rings. The van der Waals surface area contributed by atoms with Crippen molar-refractivity contribution >= 4 is 62.8 Å². The third kappa shape index (κ3) is 7.52. The number of nitrogens with zero attached hydrogens (tertiary/aromatic N) is 1. The number of halogens is 3. The number of nitrogens with one attached hydrogen (secondary N) is 3. The molecule has 0 saturated carbocycles. The number of para-hydroxylation sites is 1. The zero-order chi connectivity index (χ0) is 26.1. The van der Waals surface area contributed by atoms with E-state index in [2.05, 4.69) is 37.1 Å². The van der Waals surface area contributed by atoms with Crippen LogP contribution in [-0.4, -0.2) is 37.7 Å². The van der Waals surface area contributed by atoms with Crippen LogP contribution in [0, 0.1) is 5.82 Å². The molecule has 12 heteroatoms. The van der Waals surface area contributed by atoms with Gasteiger partial charge in [0.2, 0.25) is 0 Å². The highest BCUT2D eigenvalue weighted by Crippen LogP contribution is 2.36. The lowest BCUT2D eigenvalue weighted by atomic mass is 10.2. The standard InChI is InChI=1S/C24H19BrClFN4O5/c1-35-20-11-14(12-28-31-24(34)23(33)30-19-5-3-2-4-18(19)27)10-17(25)22(20)36-13-21(32)29-16-8-6-15(26)7-9-16/h2-12H,13H2,1H3,(H,29,32)(H,30,33)(H,31,34)/b28-12-. The third-order valence-corrected chi connectivity index (χ3v) is 5.28. The second-order valence-corrected chi connectivity index (χ2v) is 8.30. The van der Waals surface area contributed by atoms with Crippen LogP contribution < -0.4 is 25.5 Å². The van der Waals surface area contributed by atoms with Crippen LogP contribution in [0.15, 0.2) is 70.2 Å². The number of hydrogen-bond donors (Lipinski definition) is 3. The van der Waals surface area contributed by atoms with E-state index < -0.39 is 23.5 Å². The van der Waals surface area contributed by atoms with Gasteiger partial charge < -0.3 is 20.1 Å². The molecule has 0 radical (unpaired) electrons. The molecule has 0 fully saturated rings. The van der Waals surface area contributed by atoms with E-state index in [9.17, 15) is 18.8 Å². The van der Waals surface area contributed by atoms with Crippen LogP contribution in [0.4, 0.5) is 15.8 Å². The van der Waals surface area contributed by atoms with Crippen molar-refractivity contribution in [3.63, 3.8) is 0 Å². The van der Waals surface area contributed by atoms with Crippen molar-refractivity contribution in [2.45, 2.75) is 0 Å². The van der Waals surface area contributed by atoms with Crippen molar-refractivity contribution in [3.05, 3.63) is 81.5 Å². The number of rotatable bonds is 8. The fourth-order valence-corrected chi connectivity index (χ4v) is 3.48. The quantitative estimate of drug-likeness (QED) is 0.209. The van der Waals surface area contributed by atoms with Gasteiger partial charge in [-0.1, -0.05) is 23.7 Å². The lowest BCUT2D eigenvalue weighted by molar-refractivity contribution is -0.136. The van der Waals surface area contributed by atoms with E-state index in [-0.39, 0.29) is 23.8 Å². The third-order valence-electron chi connectivity index (χ3n) is 4.44. The highest BCUT2D eigenvalue weighted by atomic mass is 79.9. The molecule has 0 aliphatic heterocycles. The molecule has 0 aromatic heterocycles. The molecule has 36 heavy (non-hydrogen) atoms. The molecule has 0 unspecified atom stereocenters. The van der Waals surface area contributed by atoms with Crippen LogP contribution in [-0.2, 0) is 14.4 Å². The predicted molar refractivity (Wildman–Crippen MR) is 137 cm³/mol. The zero-order valence-corrected chi connectivity index (χ0v) is 21.0. The molecule has 3 N–H and O–H groups in total. The first-order valence-electron chi connectivity index (χ1n) is 10.2. The molecule has 0 spiro atoms. The van der Waals surface area contributed by atoms with Gasteiger partial charge in [0, 0.05) is 10.7 Å². The summed E-state index contributed by atoms with van der Waals surface area (Å²) in [6.07, 6.45) is 1.26. The Morgan fingerprint density at radius 2 is 1.78 bits per heavy atom. The van der Waals surface area contributed by atoms with Crippen LogP contribution in [0.1, 0.15) is 5.56 Å². The Hall–Kier alpha value is -3.96. The average Bonchev–Trinajstić information content (AvgIpc) is 2.85. The van der Waals surface area contributed by atoms with Crippen LogP contribution >= 0.6 is 27.5 Å². The van der Waals surface area contributed by atoms with E-state index in [1.807, 2.05) is 0 Å². The number of methoxy groups -OCH3 is 1. The Morgan fingerprint density at radius 3 is 2.47 bits per heavy atom. The topological polar surface area (TPSA) is 118 Å². The summed E-state index contributed by atoms with van der Waals surface area (Å²) < 4.78 is 25.0. The molecule has 3 amide bonds. The van der Waals surface area contributed by atoms with Crippen molar-refractivity contribution < 1.29 is 28.2 Å². The van der Waals surface area contributed by atoms with Gasteiger partial charge in [-0.15, -0.1) is 0 Å². The average molecular weight is 578 g/mol. The van der Waals surface area contributed by atoms with Crippen LogP contribution in [0.25, 0.3) is 0 Å². The summed E-state index contributed by atoms with van der Waals surface area (Å²) in [7, 11) is 1.41. The Bertz CT molecular complexity index is 1300. The second-order valence-electron chi connectivity index (χ2n) is 7.01. The minimum Gasteiger partial charge on any atom is -0.493 e.